The number of aromatic nitrogens is 1. The minimum absolute atomic E-state index is 0.576. The molecule has 0 aliphatic rings. The average Bonchev–Trinajstić information content (AvgIpc) is 2.79. The Kier molecular flexibility index (Phi) is 3.84. The zero-order chi connectivity index (χ0) is 10.3. The fraction of sp³-hybridized carbons (Fsp3) is 0.182. The summed E-state index contributed by atoms with van der Waals surface area (Å²) < 4.78 is 0. The lowest BCUT2D eigenvalue weighted by molar-refractivity contribution is 0.0235. The van der Waals surface area contributed by atoms with Crippen molar-refractivity contribution in [2.24, 2.45) is 0 Å². The van der Waals surface area contributed by atoms with E-state index in [-0.39, 0.29) is 0 Å². The maximum atomic E-state index is 5.31. The largest absolute Gasteiger partial charge is 0.297 e. The standard InChI is InChI=1S/C11H12N2OS/c1-2-4-10(5-3-1)9-14-13-8-11-12-6-7-15-11/h1-7,13H,8-9H2. The van der Waals surface area contributed by atoms with Crippen molar-refractivity contribution in [1.82, 2.24) is 10.5 Å². The highest BCUT2D eigenvalue weighted by molar-refractivity contribution is 7.09. The number of hydroxylamine groups is 1. The van der Waals surface area contributed by atoms with Gasteiger partial charge < -0.3 is 0 Å². The fourth-order valence-corrected chi connectivity index (χ4v) is 1.70. The van der Waals surface area contributed by atoms with Crippen molar-refractivity contribution in [3.8, 4) is 0 Å². The molecule has 0 unspecified atom stereocenters. The Hall–Kier alpha value is -1.23. The molecule has 2 aromatic rings. The third-order valence-electron chi connectivity index (χ3n) is 1.89. The molecule has 4 heteroatoms. The van der Waals surface area contributed by atoms with E-state index in [1.807, 2.05) is 35.7 Å². The Balaban J connectivity index is 1.68. The van der Waals surface area contributed by atoms with Gasteiger partial charge in [0.15, 0.2) is 0 Å². The number of nitrogens with zero attached hydrogens (tertiary/aromatic N) is 1. The molecule has 0 saturated heterocycles. The lowest BCUT2D eigenvalue weighted by Gasteiger charge is -2.03. The van der Waals surface area contributed by atoms with Crippen LogP contribution in [0.4, 0.5) is 0 Å². The molecular formula is C11H12N2OS. The molecule has 0 amide bonds. The van der Waals surface area contributed by atoms with Gasteiger partial charge in [0.25, 0.3) is 0 Å². The Morgan fingerprint density at radius 2 is 2.13 bits per heavy atom. The number of rotatable bonds is 5. The number of hydrogen-bond acceptors (Lipinski definition) is 4. The van der Waals surface area contributed by atoms with Gasteiger partial charge in [0, 0.05) is 11.6 Å². The van der Waals surface area contributed by atoms with Gasteiger partial charge in [-0.05, 0) is 5.56 Å². The molecule has 0 bridgehead atoms. The number of benzene rings is 1. The molecule has 0 radical (unpaired) electrons. The van der Waals surface area contributed by atoms with Crippen LogP contribution in [0.1, 0.15) is 10.6 Å². The molecule has 78 valence electrons. The summed E-state index contributed by atoms with van der Waals surface area (Å²) in [7, 11) is 0. The summed E-state index contributed by atoms with van der Waals surface area (Å²) in [6.07, 6.45) is 1.79. The molecule has 0 aliphatic carbocycles. The van der Waals surface area contributed by atoms with Crippen molar-refractivity contribution in [1.29, 1.82) is 0 Å². The highest BCUT2D eigenvalue weighted by Crippen LogP contribution is 2.03. The molecular weight excluding hydrogens is 208 g/mol. The van der Waals surface area contributed by atoms with Gasteiger partial charge in [-0.2, -0.15) is 5.48 Å². The van der Waals surface area contributed by atoms with E-state index >= 15 is 0 Å². The lowest BCUT2D eigenvalue weighted by atomic mass is 10.2. The second-order valence-corrected chi connectivity index (χ2v) is 4.00. The number of hydrogen-bond donors (Lipinski definition) is 1. The number of nitrogens with one attached hydrogen (secondary N) is 1. The molecule has 2 rings (SSSR count). The zero-order valence-corrected chi connectivity index (χ0v) is 9.04. The maximum absolute atomic E-state index is 5.31. The summed E-state index contributed by atoms with van der Waals surface area (Å²) >= 11 is 1.62. The summed E-state index contributed by atoms with van der Waals surface area (Å²) in [5.41, 5.74) is 4.04. The van der Waals surface area contributed by atoms with E-state index in [0.29, 0.717) is 13.2 Å². The van der Waals surface area contributed by atoms with Crippen LogP contribution in [-0.2, 0) is 18.0 Å². The molecule has 0 aliphatic heterocycles. The topological polar surface area (TPSA) is 34.1 Å². The third kappa shape index (κ3) is 3.43. The summed E-state index contributed by atoms with van der Waals surface area (Å²) in [5.74, 6) is 0. The molecule has 1 aromatic carbocycles. The van der Waals surface area contributed by atoms with E-state index in [1.165, 1.54) is 0 Å². The van der Waals surface area contributed by atoms with Gasteiger partial charge >= 0.3 is 0 Å². The van der Waals surface area contributed by atoms with Gasteiger partial charge in [-0.1, -0.05) is 30.3 Å². The van der Waals surface area contributed by atoms with Crippen LogP contribution in [0.5, 0.6) is 0 Å². The summed E-state index contributed by atoms with van der Waals surface area (Å²) in [4.78, 5) is 9.45. The van der Waals surface area contributed by atoms with E-state index in [1.54, 1.807) is 17.5 Å². The first kappa shape index (κ1) is 10.3. The Labute approximate surface area is 92.7 Å². The van der Waals surface area contributed by atoms with Crippen LogP contribution in [0.3, 0.4) is 0 Å². The van der Waals surface area contributed by atoms with Gasteiger partial charge in [-0.3, -0.25) is 4.84 Å². The molecule has 15 heavy (non-hydrogen) atoms. The average molecular weight is 220 g/mol. The normalized spacial score (nSPS) is 10.4. The minimum atomic E-state index is 0.576. The van der Waals surface area contributed by atoms with Gasteiger partial charge in [0.05, 0.1) is 13.2 Å². The maximum Gasteiger partial charge on any atom is 0.109 e. The van der Waals surface area contributed by atoms with Crippen molar-refractivity contribution < 1.29 is 4.84 Å². The predicted molar refractivity (Wildman–Crippen MR) is 60.2 cm³/mol. The first-order valence-corrected chi connectivity index (χ1v) is 5.60. The highest BCUT2D eigenvalue weighted by atomic mass is 32.1. The molecule has 1 aromatic heterocycles. The van der Waals surface area contributed by atoms with E-state index in [2.05, 4.69) is 10.5 Å². The van der Waals surface area contributed by atoms with E-state index in [4.69, 9.17) is 4.84 Å². The van der Waals surface area contributed by atoms with Crippen LogP contribution in [-0.4, -0.2) is 4.98 Å². The van der Waals surface area contributed by atoms with E-state index < -0.39 is 0 Å². The van der Waals surface area contributed by atoms with E-state index in [9.17, 15) is 0 Å². The molecule has 0 spiro atoms. The Bertz CT molecular complexity index is 375. The monoisotopic (exact) mass is 220 g/mol. The predicted octanol–water partition coefficient (Wildman–Crippen LogP) is 2.36. The molecule has 1 N–H and O–H groups in total. The first-order chi connectivity index (χ1) is 7.45. The fourth-order valence-electron chi connectivity index (χ4n) is 1.16. The summed E-state index contributed by atoms with van der Waals surface area (Å²) in [6.45, 7) is 1.23. The van der Waals surface area contributed by atoms with Gasteiger partial charge in [0.2, 0.25) is 0 Å². The molecule has 0 fully saturated rings. The number of thiazole rings is 1. The smallest absolute Gasteiger partial charge is 0.109 e. The molecule has 3 nitrogen and oxygen atoms in total. The SMILES string of the molecule is c1ccc(CONCc2nccs2)cc1. The van der Waals surface area contributed by atoms with Crippen LogP contribution in [0.25, 0.3) is 0 Å². The molecule has 0 atom stereocenters. The molecule has 1 heterocycles. The molecule has 0 saturated carbocycles. The van der Waals surface area contributed by atoms with Crippen LogP contribution >= 0.6 is 11.3 Å². The third-order valence-corrected chi connectivity index (χ3v) is 2.67. The van der Waals surface area contributed by atoms with E-state index in [0.717, 1.165) is 10.6 Å². The van der Waals surface area contributed by atoms with Crippen LogP contribution < -0.4 is 5.48 Å². The van der Waals surface area contributed by atoms with Crippen molar-refractivity contribution in [2.45, 2.75) is 13.2 Å². The van der Waals surface area contributed by atoms with Crippen LogP contribution in [0.15, 0.2) is 41.9 Å². The van der Waals surface area contributed by atoms with Crippen molar-refractivity contribution in [2.75, 3.05) is 0 Å². The second kappa shape index (κ2) is 5.60. The lowest BCUT2D eigenvalue weighted by Crippen LogP contribution is -2.13. The van der Waals surface area contributed by atoms with Crippen molar-refractivity contribution in [3.63, 3.8) is 0 Å². The van der Waals surface area contributed by atoms with Crippen molar-refractivity contribution >= 4 is 11.3 Å². The van der Waals surface area contributed by atoms with Gasteiger partial charge in [-0.15, -0.1) is 11.3 Å². The summed E-state index contributed by atoms with van der Waals surface area (Å²) in [5, 5.41) is 2.98. The van der Waals surface area contributed by atoms with Crippen molar-refractivity contribution in [3.05, 3.63) is 52.5 Å². The van der Waals surface area contributed by atoms with Gasteiger partial charge in [0.1, 0.15) is 5.01 Å². The Morgan fingerprint density at radius 1 is 1.27 bits per heavy atom. The van der Waals surface area contributed by atoms with Crippen LogP contribution in [0.2, 0.25) is 0 Å². The highest BCUT2D eigenvalue weighted by Gasteiger charge is 1.95. The van der Waals surface area contributed by atoms with Gasteiger partial charge in [-0.25, -0.2) is 4.98 Å². The first-order valence-electron chi connectivity index (χ1n) is 4.72. The minimum Gasteiger partial charge on any atom is -0.297 e. The van der Waals surface area contributed by atoms with Crippen LogP contribution in [0, 0.1) is 0 Å². The second-order valence-electron chi connectivity index (χ2n) is 3.02. The quantitative estimate of drug-likeness (QED) is 0.620. The zero-order valence-electron chi connectivity index (χ0n) is 8.22. The summed E-state index contributed by atoms with van der Waals surface area (Å²) in [6, 6.07) is 10.1. The Morgan fingerprint density at radius 3 is 2.87 bits per heavy atom.